The first-order valence-electron chi connectivity index (χ1n) is 6.90. The highest BCUT2D eigenvalue weighted by molar-refractivity contribution is 5.90. The summed E-state index contributed by atoms with van der Waals surface area (Å²) in [5, 5.41) is 13.2. The minimum Gasteiger partial charge on any atom is -0.507 e. The Morgan fingerprint density at radius 3 is 2.76 bits per heavy atom. The van der Waals surface area contributed by atoms with E-state index in [1.165, 1.54) is 0 Å². The molecule has 0 spiro atoms. The minimum atomic E-state index is -0.334. The zero-order valence-corrected chi connectivity index (χ0v) is 12.2. The maximum Gasteiger partial charge on any atom is 0.338 e. The van der Waals surface area contributed by atoms with Gasteiger partial charge in [0, 0.05) is 17.8 Å². The lowest BCUT2D eigenvalue weighted by molar-refractivity contribution is 0.0526. The lowest BCUT2D eigenvalue weighted by Crippen LogP contribution is -2.06. The second-order valence-corrected chi connectivity index (χ2v) is 4.74. The van der Waals surface area contributed by atoms with E-state index in [0.29, 0.717) is 24.5 Å². The number of hydrogen-bond acceptors (Lipinski definition) is 4. The Bertz CT molecular complexity index is 638. The average molecular weight is 285 g/mol. The van der Waals surface area contributed by atoms with E-state index < -0.39 is 0 Å². The van der Waals surface area contributed by atoms with Gasteiger partial charge in [-0.3, -0.25) is 0 Å². The Kier molecular flexibility index (Phi) is 4.82. The summed E-state index contributed by atoms with van der Waals surface area (Å²) in [6, 6.07) is 12.8. The van der Waals surface area contributed by atoms with Gasteiger partial charge in [0.1, 0.15) is 5.75 Å². The van der Waals surface area contributed by atoms with Gasteiger partial charge in [-0.1, -0.05) is 24.3 Å². The maximum absolute atomic E-state index is 11.7. The van der Waals surface area contributed by atoms with Crippen LogP contribution in [0.15, 0.2) is 42.5 Å². The van der Waals surface area contributed by atoms with Gasteiger partial charge in [0.2, 0.25) is 0 Å². The number of phenols is 1. The predicted octanol–water partition coefficient (Wildman–Crippen LogP) is 3.49. The fourth-order valence-corrected chi connectivity index (χ4v) is 2.03. The van der Waals surface area contributed by atoms with Gasteiger partial charge in [-0.25, -0.2) is 4.79 Å². The summed E-state index contributed by atoms with van der Waals surface area (Å²) in [5.41, 5.74) is 2.97. The van der Waals surface area contributed by atoms with Crippen molar-refractivity contribution in [1.82, 2.24) is 0 Å². The molecular weight excluding hydrogens is 266 g/mol. The number of para-hydroxylation sites is 1. The lowest BCUT2D eigenvalue weighted by Gasteiger charge is -2.10. The molecule has 0 fully saturated rings. The van der Waals surface area contributed by atoms with Crippen molar-refractivity contribution in [3.8, 4) is 5.75 Å². The van der Waals surface area contributed by atoms with Gasteiger partial charge in [-0.15, -0.1) is 0 Å². The van der Waals surface area contributed by atoms with Crippen molar-refractivity contribution in [2.75, 3.05) is 11.9 Å². The molecule has 21 heavy (non-hydrogen) atoms. The van der Waals surface area contributed by atoms with Crippen LogP contribution in [-0.4, -0.2) is 17.7 Å². The molecule has 0 amide bonds. The van der Waals surface area contributed by atoms with Gasteiger partial charge in [0.25, 0.3) is 0 Å². The molecule has 0 aliphatic carbocycles. The molecule has 4 nitrogen and oxygen atoms in total. The number of nitrogens with one attached hydrogen (secondary N) is 1. The molecule has 2 aromatic carbocycles. The Morgan fingerprint density at radius 2 is 2.00 bits per heavy atom. The summed E-state index contributed by atoms with van der Waals surface area (Å²) in [6.45, 7) is 4.48. The van der Waals surface area contributed by atoms with Crippen LogP contribution in [0.3, 0.4) is 0 Å². The second kappa shape index (κ2) is 6.79. The van der Waals surface area contributed by atoms with Crippen molar-refractivity contribution in [1.29, 1.82) is 0 Å². The third-order valence-corrected chi connectivity index (χ3v) is 3.18. The molecule has 0 bridgehead atoms. The molecule has 0 aromatic heterocycles. The van der Waals surface area contributed by atoms with Crippen LogP contribution in [0.1, 0.15) is 28.4 Å². The smallest absolute Gasteiger partial charge is 0.338 e. The quantitative estimate of drug-likeness (QED) is 0.826. The van der Waals surface area contributed by atoms with E-state index >= 15 is 0 Å². The first-order chi connectivity index (χ1) is 10.1. The number of carbonyl (C=O) groups excluding carboxylic acids is 1. The number of rotatable bonds is 5. The molecule has 0 heterocycles. The van der Waals surface area contributed by atoms with E-state index in [1.54, 1.807) is 25.1 Å². The largest absolute Gasteiger partial charge is 0.507 e. The minimum absolute atomic E-state index is 0.298. The molecule has 110 valence electrons. The number of esters is 1. The van der Waals surface area contributed by atoms with E-state index in [0.717, 1.165) is 16.8 Å². The molecule has 2 rings (SSSR count). The molecule has 0 aliphatic heterocycles. The highest BCUT2D eigenvalue weighted by atomic mass is 16.5. The molecule has 0 saturated heterocycles. The highest BCUT2D eigenvalue weighted by Crippen LogP contribution is 2.22. The summed E-state index contributed by atoms with van der Waals surface area (Å²) in [5.74, 6) is -0.0360. The monoisotopic (exact) mass is 285 g/mol. The van der Waals surface area contributed by atoms with Gasteiger partial charge in [-0.2, -0.15) is 0 Å². The van der Waals surface area contributed by atoms with E-state index in [9.17, 15) is 9.90 Å². The first-order valence-corrected chi connectivity index (χ1v) is 6.90. The molecule has 2 N–H and O–H groups in total. The van der Waals surface area contributed by atoms with Gasteiger partial charge in [0.05, 0.1) is 12.2 Å². The zero-order chi connectivity index (χ0) is 15.2. The fraction of sp³-hybridized carbons (Fsp3) is 0.235. The molecule has 0 aliphatic rings. The van der Waals surface area contributed by atoms with Crippen molar-refractivity contribution in [3.63, 3.8) is 0 Å². The molecule has 0 atom stereocenters. The van der Waals surface area contributed by atoms with Crippen molar-refractivity contribution in [2.45, 2.75) is 20.4 Å². The summed E-state index contributed by atoms with van der Waals surface area (Å²) < 4.78 is 4.97. The van der Waals surface area contributed by atoms with Crippen LogP contribution in [0.25, 0.3) is 0 Å². The van der Waals surface area contributed by atoms with Crippen molar-refractivity contribution in [2.24, 2.45) is 0 Å². The maximum atomic E-state index is 11.7. The normalized spacial score (nSPS) is 10.2. The summed E-state index contributed by atoms with van der Waals surface area (Å²) in [7, 11) is 0. The van der Waals surface area contributed by atoms with Crippen LogP contribution < -0.4 is 5.32 Å². The van der Waals surface area contributed by atoms with E-state index in [2.05, 4.69) is 5.32 Å². The van der Waals surface area contributed by atoms with Gasteiger partial charge >= 0.3 is 5.97 Å². The number of hydrogen-bond donors (Lipinski definition) is 2. The van der Waals surface area contributed by atoms with Crippen LogP contribution in [0.2, 0.25) is 0 Å². The van der Waals surface area contributed by atoms with Gasteiger partial charge in [0.15, 0.2) is 0 Å². The number of ether oxygens (including phenoxy) is 1. The highest BCUT2D eigenvalue weighted by Gasteiger charge is 2.07. The van der Waals surface area contributed by atoms with Crippen LogP contribution in [0.5, 0.6) is 5.75 Å². The lowest BCUT2D eigenvalue weighted by atomic mass is 10.1. The van der Waals surface area contributed by atoms with Crippen molar-refractivity contribution >= 4 is 11.7 Å². The number of carbonyl (C=O) groups is 1. The predicted molar refractivity (Wildman–Crippen MR) is 82.6 cm³/mol. The van der Waals surface area contributed by atoms with Crippen molar-refractivity contribution in [3.05, 3.63) is 59.2 Å². The number of phenolic OH excluding ortho intramolecular Hbond substituents is 1. The van der Waals surface area contributed by atoms with E-state index in [-0.39, 0.29) is 5.97 Å². The number of anilines is 1. The van der Waals surface area contributed by atoms with Crippen LogP contribution in [0, 0.1) is 6.92 Å². The molecule has 2 aromatic rings. The first kappa shape index (κ1) is 14.9. The van der Waals surface area contributed by atoms with Crippen LogP contribution >= 0.6 is 0 Å². The second-order valence-electron chi connectivity index (χ2n) is 4.74. The number of benzene rings is 2. The zero-order valence-electron chi connectivity index (χ0n) is 12.2. The number of aryl methyl sites for hydroxylation is 1. The third kappa shape index (κ3) is 3.75. The molecule has 0 unspecified atom stereocenters. The van der Waals surface area contributed by atoms with E-state index in [4.69, 9.17) is 4.74 Å². The van der Waals surface area contributed by atoms with Crippen LogP contribution in [0.4, 0.5) is 5.69 Å². The van der Waals surface area contributed by atoms with Gasteiger partial charge < -0.3 is 15.2 Å². The number of aromatic hydroxyl groups is 1. The van der Waals surface area contributed by atoms with Crippen molar-refractivity contribution < 1.29 is 14.6 Å². The Labute approximate surface area is 124 Å². The van der Waals surface area contributed by atoms with Crippen LogP contribution in [-0.2, 0) is 11.3 Å². The molecular formula is C17H19NO3. The van der Waals surface area contributed by atoms with Gasteiger partial charge in [-0.05, 0) is 37.6 Å². The molecule has 0 radical (unpaired) electrons. The summed E-state index contributed by atoms with van der Waals surface area (Å²) in [6.07, 6.45) is 0. The fourth-order valence-electron chi connectivity index (χ4n) is 2.03. The Hall–Kier alpha value is -2.49. The Morgan fingerprint density at radius 1 is 1.24 bits per heavy atom. The Balaban J connectivity index is 2.08. The average Bonchev–Trinajstić information content (AvgIpc) is 2.49. The third-order valence-electron chi connectivity index (χ3n) is 3.18. The standard InChI is InChI=1S/C17H19NO3/c1-3-21-17(20)13-7-5-9-15(10-13)18-11-14-8-4-6-12(2)16(14)19/h4-10,18-19H,3,11H2,1-2H3. The molecule has 0 saturated carbocycles. The topological polar surface area (TPSA) is 58.6 Å². The SMILES string of the molecule is CCOC(=O)c1cccc(NCc2cccc(C)c2O)c1. The molecule has 4 heteroatoms. The van der Waals surface area contributed by atoms with E-state index in [1.807, 2.05) is 31.2 Å². The summed E-state index contributed by atoms with van der Waals surface area (Å²) in [4.78, 5) is 11.7. The summed E-state index contributed by atoms with van der Waals surface area (Å²) >= 11 is 0.